The van der Waals surface area contributed by atoms with Crippen LogP contribution in [0.2, 0.25) is 5.02 Å². The number of nitrogens with zero attached hydrogens (tertiary/aromatic N) is 2. The summed E-state index contributed by atoms with van der Waals surface area (Å²) in [5, 5.41) is 0.676. The molecule has 0 bridgehead atoms. The highest BCUT2D eigenvalue weighted by molar-refractivity contribution is 6.30. The van der Waals surface area contributed by atoms with E-state index >= 15 is 0 Å². The predicted molar refractivity (Wildman–Crippen MR) is 95.7 cm³/mol. The largest absolute Gasteiger partial charge is 0.319 e. The van der Waals surface area contributed by atoms with Gasteiger partial charge in [0.1, 0.15) is 11.6 Å². The lowest BCUT2D eigenvalue weighted by Crippen LogP contribution is -2.04. The third kappa shape index (κ3) is 2.68. The van der Waals surface area contributed by atoms with Crippen molar-refractivity contribution >= 4 is 22.6 Å². The van der Waals surface area contributed by atoms with Gasteiger partial charge in [-0.15, -0.1) is 0 Å². The summed E-state index contributed by atoms with van der Waals surface area (Å²) in [5.74, 6) is 0.591. The number of imidazole rings is 1. The van der Waals surface area contributed by atoms with E-state index in [1.54, 1.807) is 12.1 Å². The minimum Gasteiger partial charge on any atom is -0.319 e. The molecule has 1 heterocycles. The van der Waals surface area contributed by atoms with Crippen molar-refractivity contribution in [1.82, 2.24) is 9.55 Å². The van der Waals surface area contributed by atoms with E-state index in [-0.39, 0.29) is 5.82 Å². The molecule has 0 N–H and O–H groups in total. The number of rotatable bonds is 3. The van der Waals surface area contributed by atoms with Gasteiger partial charge in [-0.3, -0.25) is 0 Å². The second kappa shape index (κ2) is 6.10. The first-order chi connectivity index (χ1) is 11.7. The summed E-state index contributed by atoms with van der Waals surface area (Å²) < 4.78 is 16.2. The standard InChI is InChI=1S/C20H14ClFN2/c21-16-11-9-14(10-12-16)20-23-18-7-3-4-8-19(18)24(20)13-15-5-1-2-6-17(15)22/h1-12H,13H2. The molecule has 2 nitrogen and oxygen atoms in total. The summed E-state index contributed by atoms with van der Waals surface area (Å²) in [4.78, 5) is 4.74. The number of benzene rings is 3. The Morgan fingerprint density at radius 1 is 0.875 bits per heavy atom. The molecule has 4 heteroatoms. The Morgan fingerprint density at radius 2 is 1.58 bits per heavy atom. The highest BCUT2D eigenvalue weighted by Crippen LogP contribution is 2.27. The van der Waals surface area contributed by atoms with Crippen molar-refractivity contribution in [3.05, 3.63) is 89.2 Å². The highest BCUT2D eigenvalue weighted by atomic mass is 35.5. The molecule has 0 fully saturated rings. The topological polar surface area (TPSA) is 17.8 Å². The Balaban J connectivity index is 1.90. The van der Waals surface area contributed by atoms with E-state index in [2.05, 4.69) is 0 Å². The molecule has 4 aromatic rings. The molecule has 4 rings (SSSR count). The van der Waals surface area contributed by atoms with Gasteiger partial charge in [0, 0.05) is 16.1 Å². The van der Waals surface area contributed by atoms with Gasteiger partial charge in [0.05, 0.1) is 17.6 Å². The molecule has 0 aliphatic heterocycles. The van der Waals surface area contributed by atoms with Gasteiger partial charge < -0.3 is 4.57 Å². The molecule has 1 aromatic heterocycles. The van der Waals surface area contributed by atoms with Crippen LogP contribution in [0.4, 0.5) is 4.39 Å². The Labute approximate surface area is 144 Å². The number of halogens is 2. The number of para-hydroxylation sites is 2. The minimum atomic E-state index is -0.211. The molecule has 0 saturated heterocycles. The molecule has 0 atom stereocenters. The third-order valence-electron chi connectivity index (χ3n) is 4.04. The second-order valence-electron chi connectivity index (χ2n) is 5.61. The van der Waals surface area contributed by atoms with Crippen molar-refractivity contribution < 1.29 is 4.39 Å². The maximum Gasteiger partial charge on any atom is 0.141 e. The van der Waals surface area contributed by atoms with Gasteiger partial charge in [0.25, 0.3) is 0 Å². The van der Waals surface area contributed by atoms with Crippen molar-refractivity contribution in [2.45, 2.75) is 6.54 Å². The van der Waals surface area contributed by atoms with E-state index in [9.17, 15) is 4.39 Å². The van der Waals surface area contributed by atoms with E-state index in [1.165, 1.54) is 6.07 Å². The maximum absolute atomic E-state index is 14.1. The summed E-state index contributed by atoms with van der Waals surface area (Å²) in [5.41, 5.74) is 3.45. The molecule has 118 valence electrons. The lowest BCUT2D eigenvalue weighted by atomic mass is 10.2. The zero-order valence-corrected chi connectivity index (χ0v) is 13.5. The van der Waals surface area contributed by atoms with Crippen LogP contribution in [0.15, 0.2) is 72.8 Å². The first kappa shape index (κ1) is 14.9. The Kier molecular flexibility index (Phi) is 3.79. The van der Waals surface area contributed by atoms with E-state index in [0.717, 1.165) is 22.4 Å². The molecular formula is C20H14ClFN2. The number of hydrogen-bond donors (Lipinski definition) is 0. The van der Waals surface area contributed by atoms with Gasteiger partial charge >= 0.3 is 0 Å². The summed E-state index contributed by atoms with van der Waals surface area (Å²) in [6.45, 7) is 0.422. The molecule has 0 unspecified atom stereocenters. The quantitative estimate of drug-likeness (QED) is 0.480. The van der Waals surface area contributed by atoms with Crippen LogP contribution in [0.5, 0.6) is 0 Å². The lowest BCUT2D eigenvalue weighted by Gasteiger charge is -2.10. The fraction of sp³-hybridized carbons (Fsp3) is 0.0500. The Bertz CT molecular complexity index is 1010. The predicted octanol–water partition coefficient (Wildman–Crippen LogP) is 5.54. The first-order valence-electron chi connectivity index (χ1n) is 7.67. The SMILES string of the molecule is Fc1ccccc1Cn1c(-c2ccc(Cl)cc2)nc2ccccc21. The zero-order chi connectivity index (χ0) is 16.5. The van der Waals surface area contributed by atoms with E-state index in [4.69, 9.17) is 16.6 Å². The van der Waals surface area contributed by atoms with Crippen molar-refractivity contribution in [3.8, 4) is 11.4 Å². The van der Waals surface area contributed by atoms with Gasteiger partial charge in [-0.25, -0.2) is 9.37 Å². The summed E-state index contributed by atoms with van der Waals surface area (Å²) >= 11 is 5.99. The number of hydrogen-bond acceptors (Lipinski definition) is 1. The summed E-state index contributed by atoms with van der Waals surface area (Å²) in [6.07, 6.45) is 0. The van der Waals surface area contributed by atoms with Gasteiger partial charge in [0.15, 0.2) is 0 Å². The molecule has 3 aromatic carbocycles. The average molecular weight is 337 g/mol. The van der Waals surface area contributed by atoms with Crippen LogP contribution in [0, 0.1) is 5.82 Å². The van der Waals surface area contributed by atoms with Crippen LogP contribution in [0.3, 0.4) is 0 Å². The van der Waals surface area contributed by atoms with E-state index in [0.29, 0.717) is 17.1 Å². The smallest absolute Gasteiger partial charge is 0.141 e. The molecule has 0 saturated carbocycles. The van der Waals surface area contributed by atoms with Gasteiger partial charge in [0.2, 0.25) is 0 Å². The van der Waals surface area contributed by atoms with E-state index < -0.39 is 0 Å². The second-order valence-corrected chi connectivity index (χ2v) is 6.05. The van der Waals surface area contributed by atoms with Crippen LogP contribution in [-0.2, 0) is 6.54 Å². The molecule has 0 spiro atoms. The zero-order valence-electron chi connectivity index (χ0n) is 12.8. The molecule has 0 amide bonds. The summed E-state index contributed by atoms with van der Waals surface area (Å²) in [7, 11) is 0. The van der Waals surface area contributed by atoms with Crippen molar-refractivity contribution in [2.24, 2.45) is 0 Å². The fourth-order valence-electron chi connectivity index (χ4n) is 2.85. The number of fused-ring (bicyclic) bond motifs is 1. The Hall–Kier alpha value is -2.65. The highest BCUT2D eigenvalue weighted by Gasteiger charge is 2.14. The van der Waals surface area contributed by atoms with Crippen molar-refractivity contribution in [3.63, 3.8) is 0 Å². The van der Waals surface area contributed by atoms with Crippen molar-refractivity contribution in [2.75, 3.05) is 0 Å². The summed E-state index contributed by atoms with van der Waals surface area (Å²) in [6, 6.07) is 22.3. The van der Waals surface area contributed by atoms with Crippen LogP contribution in [0.1, 0.15) is 5.56 Å². The molecule has 24 heavy (non-hydrogen) atoms. The fourth-order valence-corrected chi connectivity index (χ4v) is 2.98. The maximum atomic E-state index is 14.1. The van der Waals surface area contributed by atoms with Crippen LogP contribution < -0.4 is 0 Å². The van der Waals surface area contributed by atoms with E-state index in [1.807, 2.05) is 59.2 Å². The molecule has 0 aliphatic carbocycles. The molecule has 0 radical (unpaired) electrons. The lowest BCUT2D eigenvalue weighted by molar-refractivity contribution is 0.602. The Morgan fingerprint density at radius 3 is 2.38 bits per heavy atom. The van der Waals surface area contributed by atoms with Crippen molar-refractivity contribution in [1.29, 1.82) is 0 Å². The van der Waals surface area contributed by atoms with Crippen LogP contribution in [0.25, 0.3) is 22.4 Å². The number of aromatic nitrogens is 2. The molecule has 0 aliphatic rings. The van der Waals surface area contributed by atoms with Gasteiger partial charge in [-0.1, -0.05) is 41.9 Å². The van der Waals surface area contributed by atoms with Gasteiger partial charge in [-0.2, -0.15) is 0 Å². The first-order valence-corrected chi connectivity index (χ1v) is 8.05. The monoisotopic (exact) mass is 336 g/mol. The third-order valence-corrected chi connectivity index (χ3v) is 4.30. The van der Waals surface area contributed by atoms with Crippen LogP contribution >= 0.6 is 11.6 Å². The molecular weight excluding hydrogens is 323 g/mol. The average Bonchev–Trinajstić information content (AvgIpc) is 2.96. The minimum absolute atomic E-state index is 0.211. The van der Waals surface area contributed by atoms with Crippen LogP contribution in [-0.4, -0.2) is 9.55 Å². The normalized spacial score (nSPS) is 11.1. The van der Waals surface area contributed by atoms with Gasteiger partial charge in [-0.05, 0) is 42.5 Å².